The van der Waals surface area contributed by atoms with E-state index in [0.29, 0.717) is 11.9 Å². The Balaban J connectivity index is 2.43. The monoisotopic (exact) mass is 194 g/mol. The highest BCUT2D eigenvalue weighted by Crippen LogP contribution is 2.08. The van der Waals surface area contributed by atoms with Crippen molar-refractivity contribution in [3.8, 4) is 0 Å². The first kappa shape index (κ1) is 10.8. The predicted molar refractivity (Wildman–Crippen MR) is 59.1 cm³/mol. The molecule has 3 N–H and O–H groups in total. The number of hydrogen-bond donors (Lipinski definition) is 2. The lowest BCUT2D eigenvalue weighted by molar-refractivity contribution is 0.643. The van der Waals surface area contributed by atoms with Crippen LogP contribution in [0.25, 0.3) is 0 Å². The van der Waals surface area contributed by atoms with E-state index in [1.54, 1.807) is 12.4 Å². The summed E-state index contributed by atoms with van der Waals surface area (Å²) in [6, 6.07) is 0.422. The Hall–Kier alpha value is -1.32. The predicted octanol–water partition coefficient (Wildman–Crippen LogP) is 2.05. The topological polar surface area (TPSA) is 63.8 Å². The van der Waals surface area contributed by atoms with Crippen LogP contribution in [0.2, 0.25) is 0 Å². The van der Waals surface area contributed by atoms with Crippen molar-refractivity contribution in [3.05, 3.63) is 12.4 Å². The van der Waals surface area contributed by atoms with Crippen LogP contribution in [0.4, 0.5) is 11.6 Å². The highest BCUT2D eigenvalue weighted by Gasteiger charge is 2.02. The molecule has 4 nitrogen and oxygen atoms in total. The highest BCUT2D eigenvalue weighted by molar-refractivity contribution is 5.38. The van der Waals surface area contributed by atoms with Crippen LogP contribution in [0.5, 0.6) is 0 Å². The number of unbranched alkanes of at least 4 members (excludes halogenated alkanes) is 1. The summed E-state index contributed by atoms with van der Waals surface area (Å²) >= 11 is 0. The van der Waals surface area contributed by atoms with Crippen LogP contribution >= 0.6 is 0 Å². The number of anilines is 2. The molecule has 0 bridgehead atoms. The van der Waals surface area contributed by atoms with Gasteiger partial charge in [0.2, 0.25) is 0 Å². The van der Waals surface area contributed by atoms with Gasteiger partial charge in [-0.15, -0.1) is 0 Å². The van der Waals surface area contributed by atoms with E-state index in [-0.39, 0.29) is 0 Å². The zero-order chi connectivity index (χ0) is 10.4. The molecule has 0 saturated heterocycles. The van der Waals surface area contributed by atoms with Crippen LogP contribution in [0, 0.1) is 0 Å². The molecule has 0 amide bonds. The largest absolute Gasteiger partial charge is 0.382 e. The van der Waals surface area contributed by atoms with Gasteiger partial charge >= 0.3 is 0 Å². The van der Waals surface area contributed by atoms with Crippen molar-refractivity contribution in [1.29, 1.82) is 0 Å². The Bertz CT molecular complexity index is 275. The van der Waals surface area contributed by atoms with Crippen molar-refractivity contribution in [2.24, 2.45) is 0 Å². The average Bonchev–Trinajstić information content (AvgIpc) is 2.15. The molecule has 0 aliphatic carbocycles. The van der Waals surface area contributed by atoms with Crippen molar-refractivity contribution >= 4 is 11.6 Å². The highest BCUT2D eigenvalue weighted by atomic mass is 15.1. The Morgan fingerprint density at radius 1 is 1.50 bits per heavy atom. The molecule has 1 aromatic heterocycles. The van der Waals surface area contributed by atoms with E-state index in [1.807, 2.05) is 0 Å². The van der Waals surface area contributed by atoms with E-state index in [9.17, 15) is 0 Å². The summed E-state index contributed by atoms with van der Waals surface area (Å²) in [5, 5.41) is 3.26. The fraction of sp³-hybridized carbons (Fsp3) is 0.600. The third-order valence-electron chi connectivity index (χ3n) is 2.04. The Labute approximate surface area is 85.0 Å². The summed E-state index contributed by atoms with van der Waals surface area (Å²) < 4.78 is 0. The molecule has 78 valence electrons. The third kappa shape index (κ3) is 3.60. The Kier molecular flexibility index (Phi) is 4.16. The first-order chi connectivity index (χ1) is 6.72. The van der Waals surface area contributed by atoms with Gasteiger partial charge in [-0.2, -0.15) is 0 Å². The fourth-order valence-electron chi connectivity index (χ4n) is 1.29. The smallest absolute Gasteiger partial charge is 0.147 e. The summed E-state index contributed by atoms with van der Waals surface area (Å²) in [5.74, 6) is 1.21. The van der Waals surface area contributed by atoms with E-state index in [2.05, 4.69) is 29.1 Å². The molecule has 1 aromatic rings. The molecule has 1 rings (SSSR count). The van der Waals surface area contributed by atoms with Gasteiger partial charge in [-0.1, -0.05) is 19.8 Å². The van der Waals surface area contributed by atoms with Gasteiger partial charge in [0.25, 0.3) is 0 Å². The van der Waals surface area contributed by atoms with Gasteiger partial charge in [-0.3, -0.25) is 4.98 Å². The second-order valence-corrected chi connectivity index (χ2v) is 3.52. The van der Waals surface area contributed by atoms with E-state index < -0.39 is 0 Å². The van der Waals surface area contributed by atoms with Crippen LogP contribution in [0.1, 0.15) is 33.1 Å². The van der Waals surface area contributed by atoms with E-state index in [4.69, 9.17) is 5.73 Å². The molecule has 1 atom stereocenters. The normalized spacial score (nSPS) is 12.4. The summed E-state index contributed by atoms with van der Waals surface area (Å²) in [7, 11) is 0. The lowest BCUT2D eigenvalue weighted by Gasteiger charge is -2.13. The van der Waals surface area contributed by atoms with Gasteiger partial charge in [0.15, 0.2) is 0 Å². The quantitative estimate of drug-likeness (QED) is 0.753. The molecule has 14 heavy (non-hydrogen) atoms. The Morgan fingerprint density at radius 2 is 2.29 bits per heavy atom. The van der Waals surface area contributed by atoms with Gasteiger partial charge in [0.1, 0.15) is 11.6 Å². The number of nitrogens with zero attached hydrogens (tertiary/aromatic N) is 2. The molecular weight excluding hydrogens is 176 g/mol. The molecule has 0 aliphatic heterocycles. The van der Waals surface area contributed by atoms with Gasteiger partial charge in [-0.25, -0.2) is 4.98 Å². The van der Waals surface area contributed by atoms with E-state index >= 15 is 0 Å². The summed E-state index contributed by atoms with van der Waals surface area (Å²) in [6.07, 6.45) is 6.83. The SMILES string of the molecule is CCCCC(C)Nc1cncc(N)n1. The second-order valence-electron chi connectivity index (χ2n) is 3.52. The first-order valence-corrected chi connectivity index (χ1v) is 5.06. The molecular formula is C10H18N4. The second kappa shape index (κ2) is 5.42. The van der Waals surface area contributed by atoms with Crippen LogP contribution in [-0.2, 0) is 0 Å². The lowest BCUT2D eigenvalue weighted by atomic mass is 10.1. The van der Waals surface area contributed by atoms with E-state index in [0.717, 1.165) is 12.2 Å². The lowest BCUT2D eigenvalue weighted by Crippen LogP contribution is -2.16. The minimum Gasteiger partial charge on any atom is -0.382 e. The minimum absolute atomic E-state index is 0.422. The van der Waals surface area contributed by atoms with Crippen LogP contribution < -0.4 is 11.1 Å². The maximum atomic E-state index is 5.52. The van der Waals surface area contributed by atoms with Crippen molar-refractivity contribution in [2.75, 3.05) is 11.1 Å². The summed E-state index contributed by atoms with van der Waals surface area (Å²) in [5.41, 5.74) is 5.52. The van der Waals surface area contributed by atoms with Gasteiger partial charge in [0.05, 0.1) is 12.4 Å². The number of nitrogens with one attached hydrogen (secondary N) is 1. The molecule has 0 aromatic carbocycles. The molecule has 0 aliphatic rings. The molecule has 1 heterocycles. The van der Waals surface area contributed by atoms with E-state index in [1.165, 1.54) is 12.8 Å². The zero-order valence-corrected chi connectivity index (χ0v) is 8.83. The van der Waals surface area contributed by atoms with Crippen molar-refractivity contribution in [1.82, 2.24) is 9.97 Å². The number of nitrogens with two attached hydrogens (primary N) is 1. The standard InChI is InChI=1S/C10H18N4/c1-3-4-5-8(2)13-10-7-12-6-9(11)14-10/h6-8H,3-5H2,1-2H3,(H3,11,13,14). The number of nitrogen functional groups attached to an aromatic ring is 1. The number of rotatable bonds is 5. The average molecular weight is 194 g/mol. The molecule has 0 fully saturated rings. The maximum absolute atomic E-state index is 5.52. The fourth-order valence-corrected chi connectivity index (χ4v) is 1.29. The van der Waals surface area contributed by atoms with Gasteiger partial charge in [-0.05, 0) is 13.3 Å². The van der Waals surface area contributed by atoms with Crippen molar-refractivity contribution in [3.63, 3.8) is 0 Å². The van der Waals surface area contributed by atoms with Crippen LogP contribution in [0.3, 0.4) is 0 Å². The maximum Gasteiger partial charge on any atom is 0.147 e. The molecule has 0 spiro atoms. The van der Waals surface area contributed by atoms with Crippen molar-refractivity contribution in [2.45, 2.75) is 39.2 Å². The summed E-state index contributed by atoms with van der Waals surface area (Å²) in [6.45, 7) is 4.33. The molecule has 4 heteroatoms. The van der Waals surface area contributed by atoms with Crippen LogP contribution in [-0.4, -0.2) is 16.0 Å². The molecule has 1 unspecified atom stereocenters. The number of aromatic nitrogens is 2. The van der Waals surface area contributed by atoms with Crippen molar-refractivity contribution < 1.29 is 0 Å². The summed E-state index contributed by atoms with van der Waals surface area (Å²) in [4.78, 5) is 8.09. The van der Waals surface area contributed by atoms with Gasteiger partial charge in [0, 0.05) is 6.04 Å². The van der Waals surface area contributed by atoms with Gasteiger partial charge < -0.3 is 11.1 Å². The number of hydrogen-bond acceptors (Lipinski definition) is 4. The molecule has 0 saturated carbocycles. The minimum atomic E-state index is 0.422. The molecule has 0 radical (unpaired) electrons. The third-order valence-corrected chi connectivity index (χ3v) is 2.04. The first-order valence-electron chi connectivity index (χ1n) is 5.06. The zero-order valence-electron chi connectivity index (χ0n) is 8.83. The van der Waals surface area contributed by atoms with Crippen LogP contribution in [0.15, 0.2) is 12.4 Å². The Morgan fingerprint density at radius 3 is 2.93 bits per heavy atom.